The minimum absolute atomic E-state index is 0.175. The molecule has 0 fully saturated rings. The number of hydrogen-bond acceptors (Lipinski definition) is 3. The Morgan fingerprint density at radius 1 is 1.15 bits per heavy atom. The van der Waals surface area contributed by atoms with Crippen molar-refractivity contribution in [1.82, 2.24) is 0 Å². The highest BCUT2D eigenvalue weighted by molar-refractivity contribution is 5.51. The van der Waals surface area contributed by atoms with E-state index in [9.17, 15) is 14.8 Å². The summed E-state index contributed by atoms with van der Waals surface area (Å²) in [5.74, 6) is 0.976. The Hall–Kier alpha value is -2.38. The molecule has 0 saturated carbocycles. The number of aryl methyl sites for hydroxylation is 1. The van der Waals surface area contributed by atoms with Crippen LogP contribution in [0, 0.1) is 17.1 Å². The molecule has 3 nitrogen and oxygen atoms in total. The van der Waals surface area contributed by atoms with E-state index in [1.807, 2.05) is 12.1 Å². The molecule has 0 bridgehead atoms. The Bertz CT molecular complexity index is 846. The second-order valence-electron chi connectivity index (χ2n) is 7.57. The standard InChI is InChI=1S/C22H24FNO2/c1-22(2,25)12-4-5-15-8-9-16(14-24)21(13-15)26-20-11-10-19(23)17-6-3-7-18(17)20/h8-11,13,25H,3-7,12H2,1-2H3. The first-order valence-electron chi connectivity index (χ1n) is 9.11. The van der Waals surface area contributed by atoms with Gasteiger partial charge in [0.15, 0.2) is 0 Å². The molecule has 3 rings (SSSR count). The van der Waals surface area contributed by atoms with E-state index in [0.29, 0.717) is 23.5 Å². The van der Waals surface area contributed by atoms with E-state index in [4.69, 9.17) is 4.74 Å². The molecule has 0 unspecified atom stereocenters. The van der Waals surface area contributed by atoms with Gasteiger partial charge >= 0.3 is 0 Å². The molecule has 0 heterocycles. The van der Waals surface area contributed by atoms with E-state index in [2.05, 4.69) is 6.07 Å². The summed E-state index contributed by atoms with van der Waals surface area (Å²) in [7, 11) is 0. The van der Waals surface area contributed by atoms with Crippen LogP contribution in [0.2, 0.25) is 0 Å². The zero-order valence-electron chi connectivity index (χ0n) is 15.3. The number of aliphatic hydroxyl groups is 1. The molecule has 1 N–H and O–H groups in total. The molecule has 0 aliphatic heterocycles. The van der Waals surface area contributed by atoms with E-state index in [1.165, 1.54) is 6.07 Å². The maximum atomic E-state index is 13.9. The van der Waals surface area contributed by atoms with Crippen molar-refractivity contribution < 1.29 is 14.2 Å². The van der Waals surface area contributed by atoms with Crippen LogP contribution in [0.5, 0.6) is 11.5 Å². The molecule has 0 saturated heterocycles. The van der Waals surface area contributed by atoms with Gasteiger partial charge in [-0.15, -0.1) is 0 Å². The quantitative estimate of drug-likeness (QED) is 0.788. The van der Waals surface area contributed by atoms with Crippen LogP contribution in [0.3, 0.4) is 0 Å². The third-order valence-corrected chi connectivity index (χ3v) is 4.83. The van der Waals surface area contributed by atoms with Gasteiger partial charge in [0.25, 0.3) is 0 Å². The summed E-state index contributed by atoms with van der Waals surface area (Å²) in [5, 5.41) is 19.2. The van der Waals surface area contributed by atoms with Crippen molar-refractivity contribution in [3.63, 3.8) is 0 Å². The van der Waals surface area contributed by atoms with Crippen LogP contribution in [0.25, 0.3) is 0 Å². The normalized spacial score (nSPS) is 13.3. The number of halogens is 1. The second-order valence-corrected chi connectivity index (χ2v) is 7.57. The van der Waals surface area contributed by atoms with Gasteiger partial charge in [0.05, 0.1) is 11.2 Å². The van der Waals surface area contributed by atoms with Crippen molar-refractivity contribution in [1.29, 1.82) is 5.26 Å². The van der Waals surface area contributed by atoms with Gasteiger partial charge in [-0.25, -0.2) is 4.39 Å². The zero-order chi connectivity index (χ0) is 18.7. The fourth-order valence-corrected chi connectivity index (χ4v) is 3.47. The molecule has 26 heavy (non-hydrogen) atoms. The Kier molecular flexibility index (Phi) is 5.29. The minimum atomic E-state index is -0.680. The van der Waals surface area contributed by atoms with Crippen molar-refractivity contribution in [2.45, 2.75) is 58.0 Å². The predicted octanol–water partition coefficient (Wildman–Crippen LogP) is 5.07. The minimum Gasteiger partial charge on any atom is -0.456 e. The molecule has 0 aromatic heterocycles. The van der Waals surface area contributed by atoms with Gasteiger partial charge in [-0.3, -0.25) is 0 Å². The van der Waals surface area contributed by atoms with E-state index in [-0.39, 0.29) is 5.82 Å². The summed E-state index contributed by atoms with van der Waals surface area (Å²) in [6, 6.07) is 10.8. The molecule has 0 spiro atoms. The number of ether oxygens (including phenoxy) is 1. The van der Waals surface area contributed by atoms with Crippen molar-refractivity contribution in [2.24, 2.45) is 0 Å². The first-order valence-corrected chi connectivity index (χ1v) is 9.11. The number of rotatable bonds is 6. The SMILES string of the molecule is CC(C)(O)CCCc1ccc(C#N)c(Oc2ccc(F)c3c2CCC3)c1. The Labute approximate surface area is 154 Å². The van der Waals surface area contributed by atoms with E-state index in [1.54, 1.807) is 26.0 Å². The van der Waals surface area contributed by atoms with Crippen LogP contribution in [-0.2, 0) is 19.3 Å². The number of fused-ring (bicyclic) bond motifs is 1. The van der Waals surface area contributed by atoms with Crippen LogP contribution in [0.4, 0.5) is 4.39 Å². The Morgan fingerprint density at radius 3 is 2.65 bits per heavy atom. The second kappa shape index (κ2) is 7.47. The lowest BCUT2D eigenvalue weighted by atomic mass is 9.98. The molecule has 2 aromatic rings. The average Bonchev–Trinajstić information content (AvgIpc) is 3.07. The lowest BCUT2D eigenvalue weighted by Crippen LogP contribution is -2.18. The third kappa shape index (κ3) is 4.23. The summed E-state index contributed by atoms with van der Waals surface area (Å²) in [4.78, 5) is 0. The van der Waals surface area contributed by atoms with Gasteiger partial charge in [0.1, 0.15) is 23.4 Å². The van der Waals surface area contributed by atoms with Crippen molar-refractivity contribution in [3.8, 4) is 17.6 Å². The largest absolute Gasteiger partial charge is 0.456 e. The Balaban J connectivity index is 1.82. The van der Waals surface area contributed by atoms with Crippen molar-refractivity contribution in [3.05, 3.63) is 58.4 Å². The zero-order valence-corrected chi connectivity index (χ0v) is 15.3. The molecule has 0 atom stereocenters. The summed E-state index contributed by atoms with van der Waals surface area (Å²) in [6.07, 6.45) is 4.81. The van der Waals surface area contributed by atoms with E-state index in [0.717, 1.165) is 48.8 Å². The van der Waals surface area contributed by atoms with E-state index < -0.39 is 5.60 Å². The molecular weight excluding hydrogens is 329 g/mol. The Morgan fingerprint density at radius 2 is 1.92 bits per heavy atom. The van der Waals surface area contributed by atoms with Crippen molar-refractivity contribution >= 4 is 0 Å². The highest BCUT2D eigenvalue weighted by Crippen LogP contribution is 2.36. The highest BCUT2D eigenvalue weighted by atomic mass is 19.1. The van der Waals surface area contributed by atoms with Gasteiger partial charge < -0.3 is 9.84 Å². The molecule has 0 amide bonds. The lowest BCUT2D eigenvalue weighted by Gasteiger charge is -2.17. The molecule has 2 aromatic carbocycles. The molecule has 1 aliphatic carbocycles. The summed E-state index contributed by atoms with van der Waals surface area (Å²) in [5.41, 5.74) is 2.50. The topological polar surface area (TPSA) is 53.2 Å². The number of nitrogens with zero attached hydrogens (tertiary/aromatic N) is 1. The van der Waals surface area contributed by atoms with Gasteiger partial charge in [-0.05, 0) is 87.8 Å². The third-order valence-electron chi connectivity index (χ3n) is 4.83. The van der Waals surface area contributed by atoms with Gasteiger partial charge in [0.2, 0.25) is 0 Å². The maximum absolute atomic E-state index is 13.9. The average molecular weight is 353 g/mol. The first-order chi connectivity index (χ1) is 12.4. The lowest BCUT2D eigenvalue weighted by molar-refractivity contribution is 0.0689. The highest BCUT2D eigenvalue weighted by Gasteiger charge is 2.21. The number of nitriles is 1. The smallest absolute Gasteiger partial charge is 0.145 e. The van der Waals surface area contributed by atoms with Gasteiger partial charge in [-0.2, -0.15) is 5.26 Å². The molecular formula is C22H24FNO2. The molecule has 4 heteroatoms. The van der Waals surface area contributed by atoms with Crippen LogP contribution in [0.1, 0.15) is 55.4 Å². The fourth-order valence-electron chi connectivity index (χ4n) is 3.47. The molecule has 136 valence electrons. The molecule has 0 radical (unpaired) electrons. The monoisotopic (exact) mass is 353 g/mol. The number of benzene rings is 2. The number of hydrogen-bond donors (Lipinski definition) is 1. The van der Waals surface area contributed by atoms with Gasteiger partial charge in [-0.1, -0.05) is 6.07 Å². The molecule has 1 aliphatic rings. The summed E-state index contributed by atoms with van der Waals surface area (Å²) < 4.78 is 20.0. The first kappa shape index (κ1) is 18.4. The van der Waals surface area contributed by atoms with Crippen LogP contribution < -0.4 is 4.74 Å². The van der Waals surface area contributed by atoms with Crippen LogP contribution >= 0.6 is 0 Å². The van der Waals surface area contributed by atoms with E-state index >= 15 is 0 Å². The van der Waals surface area contributed by atoms with Crippen LogP contribution in [0.15, 0.2) is 30.3 Å². The predicted molar refractivity (Wildman–Crippen MR) is 98.9 cm³/mol. The maximum Gasteiger partial charge on any atom is 0.145 e. The van der Waals surface area contributed by atoms with Crippen molar-refractivity contribution in [2.75, 3.05) is 0 Å². The fraction of sp³-hybridized carbons (Fsp3) is 0.409. The summed E-state index contributed by atoms with van der Waals surface area (Å²) >= 11 is 0. The summed E-state index contributed by atoms with van der Waals surface area (Å²) in [6.45, 7) is 3.60. The van der Waals surface area contributed by atoms with Gasteiger partial charge in [0, 0.05) is 5.56 Å². The van der Waals surface area contributed by atoms with Crippen LogP contribution in [-0.4, -0.2) is 10.7 Å².